The Kier molecular flexibility index (Phi) is 4.64. The Morgan fingerprint density at radius 3 is 2.87 bits per heavy atom. The monoisotopic (exact) mass is 424 g/mol. The molecule has 1 atom stereocenters. The number of nitrogens with zero attached hydrogens (tertiary/aromatic N) is 3. The summed E-state index contributed by atoms with van der Waals surface area (Å²) in [5, 5.41) is 10.1. The van der Waals surface area contributed by atoms with Gasteiger partial charge in [-0.25, -0.2) is 4.39 Å². The first-order valence-corrected chi connectivity index (χ1v) is 10.2. The quantitative estimate of drug-likeness (QED) is 0.580. The molecule has 1 unspecified atom stereocenters. The van der Waals surface area contributed by atoms with E-state index in [1.165, 1.54) is 6.07 Å². The van der Waals surface area contributed by atoms with Crippen LogP contribution in [0.1, 0.15) is 30.5 Å². The molecule has 0 amide bonds. The van der Waals surface area contributed by atoms with Gasteiger partial charge in [0.2, 0.25) is 0 Å². The van der Waals surface area contributed by atoms with E-state index in [1.807, 2.05) is 26.4 Å². The smallest absolute Gasteiger partial charge is 0.147 e. The highest BCUT2D eigenvalue weighted by atomic mass is 35.5. The van der Waals surface area contributed by atoms with Crippen molar-refractivity contribution in [3.05, 3.63) is 76.5 Å². The van der Waals surface area contributed by atoms with Crippen LogP contribution < -0.4 is 16.3 Å². The van der Waals surface area contributed by atoms with Crippen molar-refractivity contribution in [1.82, 2.24) is 25.7 Å². The molecule has 3 aromatic rings. The van der Waals surface area contributed by atoms with E-state index in [-0.39, 0.29) is 11.9 Å². The molecule has 2 aliphatic heterocycles. The lowest BCUT2D eigenvalue weighted by molar-refractivity contribution is 0.281. The van der Waals surface area contributed by atoms with E-state index in [4.69, 9.17) is 11.6 Å². The third-order valence-corrected chi connectivity index (χ3v) is 5.96. The van der Waals surface area contributed by atoms with Crippen molar-refractivity contribution in [2.45, 2.75) is 19.4 Å². The summed E-state index contributed by atoms with van der Waals surface area (Å²) in [6.07, 6.45) is 4.60. The van der Waals surface area contributed by atoms with Crippen LogP contribution in [0.25, 0.3) is 16.8 Å². The van der Waals surface area contributed by atoms with Gasteiger partial charge in [0.15, 0.2) is 0 Å². The lowest BCUT2D eigenvalue weighted by atomic mass is 9.93. The van der Waals surface area contributed by atoms with Crippen molar-refractivity contribution in [3.8, 4) is 11.1 Å². The summed E-state index contributed by atoms with van der Waals surface area (Å²) < 4.78 is 16.3. The van der Waals surface area contributed by atoms with Gasteiger partial charge < -0.3 is 10.7 Å². The number of aryl methyl sites for hydroxylation is 1. The Balaban J connectivity index is 1.64. The highest BCUT2D eigenvalue weighted by molar-refractivity contribution is 6.33. The molecule has 3 heterocycles. The maximum Gasteiger partial charge on any atom is 0.147 e. The molecule has 0 aliphatic carbocycles. The molecule has 2 aromatic carbocycles. The van der Waals surface area contributed by atoms with Crippen LogP contribution in [0.15, 0.2) is 54.5 Å². The van der Waals surface area contributed by atoms with Crippen molar-refractivity contribution >= 4 is 23.0 Å². The Labute approximate surface area is 179 Å². The fraction of sp³-hybridized carbons (Fsp3) is 0.227. The maximum absolute atomic E-state index is 14.5. The van der Waals surface area contributed by atoms with Crippen molar-refractivity contribution in [2.75, 3.05) is 11.9 Å². The lowest BCUT2D eigenvalue weighted by Gasteiger charge is -2.22. The van der Waals surface area contributed by atoms with Gasteiger partial charge >= 0.3 is 0 Å². The molecule has 0 saturated carbocycles. The molecule has 6 nitrogen and oxygen atoms in total. The van der Waals surface area contributed by atoms with Gasteiger partial charge in [-0.05, 0) is 42.7 Å². The second-order valence-corrected chi connectivity index (χ2v) is 8.06. The van der Waals surface area contributed by atoms with Crippen LogP contribution in [0, 0.1) is 5.82 Å². The predicted octanol–water partition coefficient (Wildman–Crippen LogP) is 4.45. The minimum atomic E-state index is -0.354. The largest absolute Gasteiger partial charge is 0.375 e. The van der Waals surface area contributed by atoms with Gasteiger partial charge in [-0.2, -0.15) is 5.10 Å². The number of allylic oxidation sites excluding steroid dienone is 1. The number of halogens is 2. The predicted molar refractivity (Wildman–Crippen MR) is 117 cm³/mol. The molecule has 30 heavy (non-hydrogen) atoms. The number of para-hydroxylation sites is 1. The first-order chi connectivity index (χ1) is 14.5. The zero-order valence-electron chi connectivity index (χ0n) is 16.7. The summed E-state index contributed by atoms with van der Waals surface area (Å²) in [7, 11) is 1.90. The molecule has 1 aromatic heterocycles. The van der Waals surface area contributed by atoms with E-state index < -0.39 is 0 Å². The number of fused-ring (bicyclic) bond motifs is 3. The fourth-order valence-electron chi connectivity index (χ4n) is 4.17. The highest BCUT2D eigenvalue weighted by Crippen LogP contribution is 2.40. The van der Waals surface area contributed by atoms with Crippen molar-refractivity contribution < 1.29 is 4.39 Å². The summed E-state index contributed by atoms with van der Waals surface area (Å²) in [6.45, 7) is 2.79. The summed E-state index contributed by atoms with van der Waals surface area (Å²) in [5.74, 6) is -0.354. The molecule has 0 radical (unpaired) electrons. The minimum absolute atomic E-state index is 0.112. The van der Waals surface area contributed by atoms with E-state index in [9.17, 15) is 4.39 Å². The van der Waals surface area contributed by atoms with Crippen LogP contribution in [0.2, 0.25) is 5.02 Å². The topological polar surface area (TPSA) is 57.2 Å². The van der Waals surface area contributed by atoms with Gasteiger partial charge in [-0.1, -0.05) is 29.8 Å². The van der Waals surface area contributed by atoms with E-state index in [1.54, 1.807) is 16.8 Å². The van der Waals surface area contributed by atoms with Crippen LogP contribution >= 0.6 is 11.6 Å². The third-order valence-electron chi connectivity index (χ3n) is 5.65. The van der Waals surface area contributed by atoms with Crippen LogP contribution in [0.5, 0.6) is 0 Å². The maximum atomic E-state index is 14.5. The number of nitrogens with one attached hydrogen (secondary N) is 3. The Hall–Kier alpha value is -3.03. The fourth-order valence-corrected chi connectivity index (χ4v) is 4.39. The van der Waals surface area contributed by atoms with Crippen LogP contribution in [0.4, 0.5) is 10.1 Å². The average molecular weight is 425 g/mol. The third kappa shape index (κ3) is 3.20. The summed E-state index contributed by atoms with van der Waals surface area (Å²) in [6, 6.07) is 11.0. The van der Waals surface area contributed by atoms with Crippen LogP contribution in [-0.2, 0) is 7.05 Å². The van der Waals surface area contributed by atoms with Gasteiger partial charge in [-0.3, -0.25) is 9.69 Å². The molecule has 154 valence electrons. The number of hydrogen-bond donors (Lipinski definition) is 3. The minimum Gasteiger partial charge on any atom is -0.375 e. The van der Waals surface area contributed by atoms with E-state index in [2.05, 4.69) is 44.6 Å². The molecular weight excluding hydrogens is 403 g/mol. The first kappa shape index (κ1) is 19.0. The zero-order chi connectivity index (χ0) is 20.8. The summed E-state index contributed by atoms with van der Waals surface area (Å²) in [5.41, 5.74) is 13.2. The number of hydrazine groups is 2. The zero-order valence-corrected chi connectivity index (χ0v) is 17.5. The number of anilines is 1. The number of benzene rings is 2. The molecule has 8 heteroatoms. The van der Waals surface area contributed by atoms with Crippen LogP contribution in [0.3, 0.4) is 0 Å². The molecular formula is C22H22ClFN6. The van der Waals surface area contributed by atoms with Crippen LogP contribution in [-0.4, -0.2) is 21.3 Å². The van der Waals surface area contributed by atoms with E-state index in [0.717, 1.165) is 46.6 Å². The molecule has 5 rings (SSSR count). The lowest BCUT2D eigenvalue weighted by Crippen LogP contribution is -2.38. The molecule has 0 spiro atoms. The molecule has 0 saturated heterocycles. The Morgan fingerprint density at radius 2 is 2.10 bits per heavy atom. The SMILES string of the molecule is CC1=C2c3ccc(-c4cnn(C)c4)cc3C(Nc3c(F)cccc3Cl)CCN2NN1. The Bertz CT molecular complexity index is 1130. The highest BCUT2D eigenvalue weighted by Gasteiger charge is 2.31. The number of rotatable bonds is 3. The second kappa shape index (κ2) is 7.34. The van der Waals surface area contributed by atoms with Crippen molar-refractivity contribution in [3.63, 3.8) is 0 Å². The normalized spacial score (nSPS) is 18.0. The van der Waals surface area contributed by atoms with E-state index >= 15 is 0 Å². The molecule has 2 aliphatic rings. The van der Waals surface area contributed by atoms with Crippen molar-refractivity contribution in [2.24, 2.45) is 7.05 Å². The van der Waals surface area contributed by atoms with Gasteiger partial charge in [0.1, 0.15) is 5.82 Å². The van der Waals surface area contributed by atoms with Gasteiger partial charge in [0, 0.05) is 30.9 Å². The number of hydrogen-bond acceptors (Lipinski definition) is 5. The average Bonchev–Trinajstić information content (AvgIpc) is 3.28. The Morgan fingerprint density at radius 1 is 1.23 bits per heavy atom. The van der Waals surface area contributed by atoms with Gasteiger partial charge in [0.05, 0.1) is 34.3 Å². The van der Waals surface area contributed by atoms with Gasteiger partial charge in [-0.15, -0.1) is 5.53 Å². The molecule has 0 fully saturated rings. The molecule has 3 N–H and O–H groups in total. The van der Waals surface area contributed by atoms with E-state index in [0.29, 0.717) is 10.7 Å². The summed E-state index contributed by atoms with van der Waals surface area (Å²) >= 11 is 6.31. The summed E-state index contributed by atoms with van der Waals surface area (Å²) in [4.78, 5) is 0. The molecule has 0 bridgehead atoms. The van der Waals surface area contributed by atoms with Crippen molar-refractivity contribution in [1.29, 1.82) is 0 Å². The van der Waals surface area contributed by atoms with Gasteiger partial charge in [0.25, 0.3) is 0 Å². The standard InChI is InChI=1S/C22H22ClFN6/c1-13-22-16-7-6-14(15-11-25-29(2)12-15)10-17(16)20(8-9-30(22)28-27-13)26-21-18(23)4-3-5-19(21)24/h3-7,10-12,20,26-28H,8-9H2,1-2H3. The second-order valence-electron chi connectivity index (χ2n) is 7.65. The number of aromatic nitrogens is 2. The first-order valence-electron chi connectivity index (χ1n) is 9.85.